The van der Waals surface area contributed by atoms with Crippen LogP contribution in [0.1, 0.15) is 24.7 Å². The molecule has 0 bridgehead atoms. The van der Waals surface area contributed by atoms with Gasteiger partial charge in [-0.15, -0.1) is 0 Å². The molecule has 1 heterocycles. The van der Waals surface area contributed by atoms with Crippen LogP contribution in [0.4, 0.5) is 0 Å². The molecule has 96 valence electrons. The van der Waals surface area contributed by atoms with Gasteiger partial charge in [0.15, 0.2) is 5.76 Å². The fraction of sp³-hybridized carbons (Fsp3) is 0.357. The van der Waals surface area contributed by atoms with Crippen LogP contribution in [0.25, 0.3) is 0 Å². The van der Waals surface area contributed by atoms with Crippen LogP contribution in [-0.4, -0.2) is 11.2 Å². The smallest absolute Gasteiger partial charge is 0.174 e. The topological polar surface area (TPSA) is 61.3 Å². The molecule has 0 aliphatic rings. The summed E-state index contributed by atoms with van der Waals surface area (Å²) in [6.07, 6.45) is 3.61. The molecule has 18 heavy (non-hydrogen) atoms. The van der Waals surface area contributed by atoms with Gasteiger partial charge >= 0.3 is 0 Å². The largest absolute Gasteiger partial charge is 0.486 e. The SMILES string of the molecule is CC(N)CCc1ccc(OCc2ccno2)cc1. The van der Waals surface area contributed by atoms with Crippen molar-refractivity contribution < 1.29 is 9.26 Å². The summed E-state index contributed by atoms with van der Waals surface area (Å²) >= 11 is 0. The van der Waals surface area contributed by atoms with Crippen molar-refractivity contribution in [3.05, 3.63) is 47.9 Å². The first kappa shape index (κ1) is 12.6. The maximum absolute atomic E-state index is 5.73. The molecule has 0 aliphatic carbocycles. The number of aryl methyl sites for hydroxylation is 1. The van der Waals surface area contributed by atoms with E-state index in [0.717, 1.165) is 24.4 Å². The minimum absolute atomic E-state index is 0.243. The summed E-state index contributed by atoms with van der Waals surface area (Å²) in [5.74, 6) is 1.55. The predicted octanol–water partition coefficient (Wildman–Crippen LogP) is 2.53. The van der Waals surface area contributed by atoms with Gasteiger partial charge in [0.05, 0.1) is 6.20 Å². The summed E-state index contributed by atoms with van der Waals surface area (Å²) in [6.45, 7) is 2.42. The lowest BCUT2D eigenvalue weighted by Crippen LogP contribution is -2.15. The Balaban J connectivity index is 1.83. The van der Waals surface area contributed by atoms with Crippen molar-refractivity contribution in [3.8, 4) is 5.75 Å². The molecule has 1 aromatic carbocycles. The highest BCUT2D eigenvalue weighted by atomic mass is 16.5. The molecule has 0 amide bonds. The van der Waals surface area contributed by atoms with E-state index in [2.05, 4.69) is 17.3 Å². The van der Waals surface area contributed by atoms with Gasteiger partial charge in [-0.3, -0.25) is 0 Å². The molecule has 0 saturated carbocycles. The van der Waals surface area contributed by atoms with Gasteiger partial charge in [0, 0.05) is 12.1 Å². The first-order valence-electron chi connectivity index (χ1n) is 6.11. The number of nitrogens with two attached hydrogens (primary N) is 1. The third kappa shape index (κ3) is 3.89. The van der Waals surface area contributed by atoms with Crippen LogP contribution in [0.3, 0.4) is 0 Å². The van der Waals surface area contributed by atoms with Crippen LogP contribution in [0.15, 0.2) is 41.1 Å². The summed E-state index contributed by atoms with van der Waals surface area (Å²) in [7, 11) is 0. The monoisotopic (exact) mass is 246 g/mol. The third-order valence-electron chi connectivity index (χ3n) is 2.68. The van der Waals surface area contributed by atoms with E-state index in [0.29, 0.717) is 6.61 Å². The van der Waals surface area contributed by atoms with Crippen LogP contribution in [0.2, 0.25) is 0 Å². The molecule has 2 aromatic rings. The Kier molecular flexibility index (Phi) is 4.36. The predicted molar refractivity (Wildman–Crippen MR) is 69.2 cm³/mol. The Bertz CT molecular complexity index is 449. The molecule has 1 unspecified atom stereocenters. The highest BCUT2D eigenvalue weighted by molar-refractivity contribution is 5.27. The number of nitrogens with zero attached hydrogens (tertiary/aromatic N) is 1. The lowest BCUT2D eigenvalue weighted by atomic mass is 10.1. The Labute approximate surface area is 107 Å². The van der Waals surface area contributed by atoms with Crippen molar-refractivity contribution in [1.82, 2.24) is 5.16 Å². The molecule has 4 nitrogen and oxygen atoms in total. The van der Waals surface area contributed by atoms with Crippen LogP contribution >= 0.6 is 0 Å². The second kappa shape index (κ2) is 6.21. The van der Waals surface area contributed by atoms with E-state index in [9.17, 15) is 0 Å². The van der Waals surface area contributed by atoms with Gasteiger partial charge in [0.1, 0.15) is 12.4 Å². The zero-order valence-corrected chi connectivity index (χ0v) is 10.5. The van der Waals surface area contributed by atoms with Crippen LogP contribution < -0.4 is 10.5 Å². The Morgan fingerprint density at radius 2 is 2.06 bits per heavy atom. The fourth-order valence-corrected chi connectivity index (χ4v) is 1.62. The van der Waals surface area contributed by atoms with Crippen LogP contribution in [-0.2, 0) is 13.0 Å². The molecule has 1 aromatic heterocycles. The molecule has 2 N–H and O–H groups in total. The summed E-state index contributed by atoms with van der Waals surface area (Å²) in [5.41, 5.74) is 7.01. The molecule has 0 fully saturated rings. The van der Waals surface area contributed by atoms with Crippen molar-refractivity contribution in [3.63, 3.8) is 0 Å². The van der Waals surface area contributed by atoms with Gasteiger partial charge < -0.3 is 15.0 Å². The summed E-state index contributed by atoms with van der Waals surface area (Å²) in [5, 5.41) is 3.62. The standard InChI is InChI=1S/C14H18N2O2/c1-11(15)2-3-12-4-6-13(7-5-12)17-10-14-8-9-16-18-14/h4-9,11H,2-3,10,15H2,1H3. The molecular formula is C14H18N2O2. The molecular weight excluding hydrogens is 228 g/mol. The Morgan fingerprint density at radius 3 is 2.67 bits per heavy atom. The normalized spacial score (nSPS) is 12.3. The van der Waals surface area contributed by atoms with Gasteiger partial charge in [-0.1, -0.05) is 17.3 Å². The molecule has 4 heteroatoms. The Morgan fingerprint density at radius 1 is 1.28 bits per heavy atom. The van der Waals surface area contributed by atoms with Gasteiger partial charge in [0.25, 0.3) is 0 Å². The van der Waals surface area contributed by atoms with E-state index >= 15 is 0 Å². The molecule has 0 spiro atoms. The average molecular weight is 246 g/mol. The highest BCUT2D eigenvalue weighted by Crippen LogP contribution is 2.15. The van der Waals surface area contributed by atoms with Crippen molar-refractivity contribution in [1.29, 1.82) is 0 Å². The first-order chi connectivity index (χ1) is 8.74. The first-order valence-corrected chi connectivity index (χ1v) is 6.11. The maximum atomic E-state index is 5.73. The summed E-state index contributed by atoms with van der Waals surface area (Å²) in [4.78, 5) is 0. The number of hydrogen-bond acceptors (Lipinski definition) is 4. The molecule has 0 radical (unpaired) electrons. The number of hydrogen-bond donors (Lipinski definition) is 1. The minimum atomic E-state index is 0.243. The van der Waals surface area contributed by atoms with Gasteiger partial charge in [-0.2, -0.15) is 0 Å². The zero-order chi connectivity index (χ0) is 12.8. The number of aromatic nitrogens is 1. The van der Waals surface area contributed by atoms with Crippen molar-refractivity contribution in [2.75, 3.05) is 0 Å². The van der Waals surface area contributed by atoms with E-state index < -0.39 is 0 Å². The van der Waals surface area contributed by atoms with Crippen LogP contribution in [0, 0.1) is 0 Å². The van der Waals surface area contributed by atoms with E-state index in [1.54, 1.807) is 12.3 Å². The lowest BCUT2D eigenvalue weighted by Gasteiger charge is -2.07. The number of ether oxygens (including phenoxy) is 1. The number of rotatable bonds is 6. The zero-order valence-electron chi connectivity index (χ0n) is 10.5. The lowest BCUT2D eigenvalue weighted by molar-refractivity contribution is 0.249. The fourth-order valence-electron chi connectivity index (χ4n) is 1.62. The van der Waals surface area contributed by atoms with Gasteiger partial charge in [0.2, 0.25) is 0 Å². The van der Waals surface area contributed by atoms with E-state index in [4.69, 9.17) is 15.0 Å². The second-order valence-electron chi connectivity index (χ2n) is 4.43. The van der Waals surface area contributed by atoms with E-state index in [-0.39, 0.29) is 6.04 Å². The number of benzene rings is 1. The van der Waals surface area contributed by atoms with Crippen molar-refractivity contribution in [2.24, 2.45) is 5.73 Å². The van der Waals surface area contributed by atoms with Gasteiger partial charge in [-0.05, 0) is 37.5 Å². The summed E-state index contributed by atoms with van der Waals surface area (Å²) in [6, 6.07) is 10.1. The van der Waals surface area contributed by atoms with Crippen molar-refractivity contribution in [2.45, 2.75) is 32.4 Å². The summed E-state index contributed by atoms with van der Waals surface area (Å²) < 4.78 is 10.5. The minimum Gasteiger partial charge on any atom is -0.486 e. The molecule has 1 atom stereocenters. The molecule has 0 aliphatic heterocycles. The Hall–Kier alpha value is -1.81. The molecule has 2 rings (SSSR count). The third-order valence-corrected chi connectivity index (χ3v) is 2.68. The highest BCUT2D eigenvalue weighted by Gasteiger charge is 2.00. The van der Waals surface area contributed by atoms with Crippen molar-refractivity contribution >= 4 is 0 Å². The second-order valence-corrected chi connectivity index (χ2v) is 4.43. The maximum Gasteiger partial charge on any atom is 0.174 e. The quantitative estimate of drug-likeness (QED) is 0.850. The van der Waals surface area contributed by atoms with E-state index in [1.165, 1.54) is 5.56 Å². The molecule has 0 saturated heterocycles. The van der Waals surface area contributed by atoms with Gasteiger partial charge in [-0.25, -0.2) is 0 Å². The van der Waals surface area contributed by atoms with Crippen LogP contribution in [0.5, 0.6) is 5.75 Å². The average Bonchev–Trinajstić information content (AvgIpc) is 2.88. The van der Waals surface area contributed by atoms with E-state index in [1.807, 2.05) is 19.1 Å².